The fourth-order valence-corrected chi connectivity index (χ4v) is 1.72. The lowest BCUT2D eigenvalue weighted by Crippen LogP contribution is -1.98. The SMILES string of the molecule is O=[N+]([O-])c1ccc(Nc2ccncc2[N+](=O)[O-])c(Cl)c1. The van der Waals surface area contributed by atoms with E-state index in [2.05, 4.69) is 10.3 Å². The number of pyridine rings is 1. The first-order chi connectivity index (χ1) is 9.49. The molecule has 102 valence electrons. The minimum atomic E-state index is -0.589. The zero-order valence-electron chi connectivity index (χ0n) is 9.82. The van der Waals surface area contributed by atoms with E-state index in [1.807, 2.05) is 0 Å². The third-order valence-corrected chi connectivity index (χ3v) is 2.74. The van der Waals surface area contributed by atoms with Crippen molar-refractivity contribution in [2.45, 2.75) is 0 Å². The van der Waals surface area contributed by atoms with E-state index >= 15 is 0 Å². The van der Waals surface area contributed by atoms with Crippen LogP contribution in [0.4, 0.5) is 22.7 Å². The van der Waals surface area contributed by atoms with Crippen LogP contribution in [-0.4, -0.2) is 14.8 Å². The predicted octanol–water partition coefficient (Wildman–Crippen LogP) is 3.30. The van der Waals surface area contributed by atoms with Crippen molar-refractivity contribution in [2.24, 2.45) is 0 Å². The van der Waals surface area contributed by atoms with Crippen molar-refractivity contribution in [3.8, 4) is 0 Å². The van der Waals surface area contributed by atoms with Crippen molar-refractivity contribution in [3.63, 3.8) is 0 Å². The van der Waals surface area contributed by atoms with Crippen LogP contribution in [0.15, 0.2) is 36.7 Å². The highest BCUT2D eigenvalue weighted by molar-refractivity contribution is 6.33. The predicted molar refractivity (Wildman–Crippen MR) is 72.3 cm³/mol. The first-order valence-corrected chi connectivity index (χ1v) is 5.66. The Hall–Kier alpha value is -2.74. The number of aromatic nitrogens is 1. The fourth-order valence-electron chi connectivity index (χ4n) is 1.50. The highest BCUT2D eigenvalue weighted by Gasteiger charge is 2.15. The second-order valence-corrected chi connectivity index (χ2v) is 4.10. The summed E-state index contributed by atoms with van der Waals surface area (Å²) in [4.78, 5) is 23.9. The number of benzene rings is 1. The quantitative estimate of drug-likeness (QED) is 0.684. The summed E-state index contributed by atoms with van der Waals surface area (Å²) >= 11 is 5.90. The van der Waals surface area contributed by atoms with E-state index in [1.165, 1.54) is 24.4 Å². The lowest BCUT2D eigenvalue weighted by Gasteiger charge is -2.08. The summed E-state index contributed by atoms with van der Waals surface area (Å²) < 4.78 is 0. The van der Waals surface area contributed by atoms with Gasteiger partial charge in [0.05, 0.1) is 20.6 Å². The molecule has 0 atom stereocenters. The first-order valence-electron chi connectivity index (χ1n) is 5.28. The second-order valence-electron chi connectivity index (χ2n) is 3.70. The molecular formula is C11H7ClN4O4. The Morgan fingerprint density at radius 2 is 1.85 bits per heavy atom. The van der Waals surface area contributed by atoms with Gasteiger partial charge in [-0.05, 0) is 12.1 Å². The van der Waals surface area contributed by atoms with Crippen molar-refractivity contribution >= 4 is 34.4 Å². The van der Waals surface area contributed by atoms with Gasteiger partial charge in [-0.25, -0.2) is 0 Å². The van der Waals surface area contributed by atoms with E-state index in [-0.39, 0.29) is 22.1 Å². The van der Waals surface area contributed by atoms with Gasteiger partial charge in [-0.2, -0.15) is 0 Å². The maximum absolute atomic E-state index is 10.8. The topological polar surface area (TPSA) is 111 Å². The van der Waals surface area contributed by atoms with Gasteiger partial charge >= 0.3 is 5.69 Å². The summed E-state index contributed by atoms with van der Waals surface area (Å²) in [5.74, 6) is 0. The molecule has 0 aliphatic carbocycles. The number of nitrogens with one attached hydrogen (secondary N) is 1. The number of hydrogen-bond acceptors (Lipinski definition) is 6. The van der Waals surface area contributed by atoms with Crippen LogP contribution in [0.5, 0.6) is 0 Å². The molecular weight excluding hydrogens is 288 g/mol. The van der Waals surface area contributed by atoms with Crippen LogP contribution in [0.2, 0.25) is 5.02 Å². The number of hydrogen-bond donors (Lipinski definition) is 1. The van der Waals surface area contributed by atoms with E-state index in [4.69, 9.17) is 11.6 Å². The lowest BCUT2D eigenvalue weighted by atomic mass is 10.2. The monoisotopic (exact) mass is 294 g/mol. The van der Waals surface area contributed by atoms with Crippen LogP contribution in [0, 0.1) is 20.2 Å². The lowest BCUT2D eigenvalue weighted by molar-refractivity contribution is -0.384. The molecule has 20 heavy (non-hydrogen) atoms. The maximum Gasteiger partial charge on any atom is 0.310 e. The molecule has 0 unspecified atom stereocenters. The summed E-state index contributed by atoms with van der Waals surface area (Å²) in [5, 5.41) is 24.3. The van der Waals surface area contributed by atoms with Crippen LogP contribution >= 0.6 is 11.6 Å². The van der Waals surface area contributed by atoms with Gasteiger partial charge in [-0.15, -0.1) is 0 Å². The number of nitro groups is 2. The molecule has 0 amide bonds. The Morgan fingerprint density at radius 1 is 1.10 bits per heavy atom. The fraction of sp³-hybridized carbons (Fsp3) is 0. The Kier molecular flexibility index (Phi) is 3.76. The van der Waals surface area contributed by atoms with E-state index in [0.717, 1.165) is 12.3 Å². The molecule has 0 aliphatic rings. The third kappa shape index (κ3) is 2.81. The van der Waals surface area contributed by atoms with Crippen molar-refractivity contribution in [1.29, 1.82) is 0 Å². The van der Waals surface area contributed by atoms with Gasteiger partial charge < -0.3 is 5.32 Å². The maximum atomic E-state index is 10.8. The van der Waals surface area contributed by atoms with E-state index in [0.29, 0.717) is 5.69 Å². The van der Waals surface area contributed by atoms with Gasteiger partial charge in [0.1, 0.15) is 11.9 Å². The van der Waals surface area contributed by atoms with Gasteiger partial charge in [-0.1, -0.05) is 11.6 Å². The first kappa shape index (κ1) is 13.7. The van der Waals surface area contributed by atoms with Crippen LogP contribution in [0.25, 0.3) is 0 Å². The highest BCUT2D eigenvalue weighted by atomic mass is 35.5. The zero-order chi connectivity index (χ0) is 14.7. The molecule has 2 rings (SSSR count). The standard InChI is InChI=1S/C11H7ClN4O4/c12-8-5-7(15(17)18)1-2-9(8)14-10-3-4-13-6-11(10)16(19)20/h1-6H,(H,13,14). The Balaban J connectivity index is 2.36. The van der Waals surface area contributed by atoms with Gasteiger partial charge in [0.2, 0.25) is 0 Å². The van der Waals surface area contributed by atoms with E-state index in [1.54, 1.807) is 0 Å². The van der Waals surface area contributed by atoms with E-state index in [9.17, 15) is 20.2 Å². The molecule has 2 aromatic rings. The van der Waals surface area contributed by atoms with Crippen LogP contribution in [0.3, 0.4) is 0 Å². The molecule has 9 heteroatoms. The number of halogens is 1. The number of nitrogens with zero attached hydrogens (tertiary/aromatic N) is 3. The molecule has 0 fully saturated rings. The Labute approximate surface area is 117 Å². The molecule has 0 aliphatic heterocycles. The molecule has 8 nitrogen and oxygen atoms in total. The molecule has 0 bridgehead atoms. The van der Waals surface area contributed by atoms with Crippen molar-refractivity contribution in [2.75, 3.05) is 5.32 Å². The van der Waals surface area contributed by atoms with Crippen molar-refractivity contribution in [1.82, 2.24) is 4.98 Å². The van der Waals surface area contributed by atoms with Crippen LogP contribution in [-0.2, 0) is 0 Å². The average Bonchev–Trinajstić information content (AvgIpc) is 2.41. The highest BCUT2D eigenvalue weighted by Crippen LogP contribution is 2.32. The van der Waals surface area contributed by atoms with Gasteiger partial charge in [-0.3, -0.25) is 25.2 Å². The molecule has 1 aromatic carbocycles. The molecule has 0 spiro atoms. The Morgan fingerprint density at radius 3 is 2.45 bits per heavy atom. The van der Waals surface area contributed by atoms with Crippen molar-refractivity contribution in [3.05, 3.63) is 61.9 Å². The summed E-state index contributed by atoms with van der Waals surface area (Å²) in [6.45, 7) is 0. The smallest absolute Gasteiger partial charge is 0.310 e. The summed E-state index contributed by atoms with van der Waals surface area (Å²) in [6, 6.07) is 5.21. The second kappa shape index (κ2) is 5.49. The summed E-state index contributed by atoms with van der Waals surface area (Å²) in [6.07, 6.45) is 2.48. The Bertz CT molecular complexity index is 692. The molecule has 0 radical (unpaired) electrons. The van der Waals surface area contributed by atoms with Gasteiger partial charge in [0.25, 0.3) is 5.69 Å². The largest absolute Gasteiger partial charge is 0.349 e. The van der Waals surface area contributed by atoms with Crippen LogP contribution < -0.4 is 5.32 Å². The summed E-state index contributed by atoms with van der Waals surface area (Å²) in [5.41, 5.74) is 0.138. The molecule has 0 saturated carbocycles. The third-order valence-electron chi connectivity index (χ3n) is 2.43. The zero-order valence-corrected chi connectivity index (χ0v) is 10.6. The average molecular weight is 295 g/mol. The van der Waals surface area contributed by atoms with Gasteiger partial charge in [0, 0.05) is 18.3 Å². The summed E-state index contributed by atoms with van der Waals surface area (Å²) in [7, 11) is 0. The van der Waals surface area contributed by atoms with Crippen LogP contribution in [0.1, 0.15) is 0 Å². The molecule has 1 N–H and O–H groups in total. The number of anilines is 2. The molecule has 0 saturated heterocycles. The minimum Gasteiger partial charge on any atom is -0.349 e. The molecule has 1 aromatic heterocycles. The number of non-ortho nitro benzene ring substituents is 1. The van der Waals surface area contributed by atoms with E-state index < -0.39 is 9.85 Å². The number of nitro benzene ring substituents is 1. The normalized spacial score (nSPS) is 10.1. The minimum absolute atomic E-state index is 0.0883. The number of rotatable bonds is 4. The van der Waals surface area contributed by atoms with Crippen molar-refractivity contribution < 1.29 is 9.85 Å². The molecule has 1 heterocycles. The van der Waals surface area contributed by atoms with Gasteiger partial charge in [0.15, 0.2) is 0 Å².